The van der Waals surface area contributed by atoms with Gasteiger partial charge in [0.1, 0.15) is 4.99 Å². The third-order valence-corrected chi connectivity index (χ3v) is 5.45. The van der Waals surface area contributed by atoms with Gasteiger partial charge in [0.2, 0.25) is 10.0 Å². The van der Waals surface area contributed by atoms with Crippen LogP contribution in [-0.2, 0) is 10.0 Å². The number of thiocarbonyl (C=S) groups is 1. The number of hydrogen-bond acceptors (Lipinski definition) is 4. The summed E-state index contributed by atoms with van der Waals surface area (Å²) in [6.45, 7) is 2.29. The quantitative estimate of drug-likeness (QED) is 0.808. The van der Waals surface area contributed by atoms with Crippen molar-refractivity contribution in [3.8, 4) is 0 Å². The Morgan fingerprint density at radius 2 is 2.11 bits per heavy atom. The summed E-state index contributed by atoms with van der Waals surface area (Å²) >= 11 is 6.52. The summed E-state index contributed by atoms with van der Waals surface area (Å²) in [4.78, 5) is 0.547. The van der Waals surface area contributed by atoms with Crippen LogP contribution in [0.15, 0.2) is 23.1 Å². The van der Waals surface area contributed by atoms with Gasteiger partial charge in [-0.2, -0.15) is 11.8 Å². The highest BCUT2D eigenvalue weighted by molar-refractivity contribution is 7.98. The van der Waals surface area contributed by atoms with Crippen molar-refractivity contribution < 1.29 is 8.42 Å². The Morgan fingerprint density at radius 3 is 2.58 bits per heavy atom. The van der Waals surface area contributed by atoms with Crippen LogP contribution in [0.25, 0.3) is 0 Å². The minimum Gasteiger partial charge on any atom is -0.389 e. The van der Waals surface area contributed by atoms with E-state index in [0.717, 1.165) is 11.3 Å². The Hall–Kier alpha value is -0.630. The van der Waals surface area contributed by atoms with Crippen molar-refractivity contribution in [1.29, 1.82) is 0 Å². The molecule has 0 atom stereocenters. The monoisotopic (exact) mass is 318 g/mol. The van der Waals surface area contributed by atoms with Crippen LogP contribution in [0.3, 0.4) is 0 Å². The first-order chi connectivity index (χ1) is 8.80. The maximum Gasteiger partial charge on any atom is 0.242 e. The molecule has 0 saturated carbocycles. The summed E-state index contributed by atoms with van der Waals surface area (Å²) in [7, 11) is -1.85. The smallest absolute Gasteiger partial charge is 0.242 e. The lowest BCUT2D eigenvalue weighted by molar-refractivity contribution is 0.488. The van der Waals surface area contributed by atoms with Crippen molar-refractivity contribution in [3.63, 3.8) is 0 Å². The highest BCUT2D eigenvalue weighted by Gasteiger charge is 2.21. The van der Waals surface area contributed by atoms with Gasteiger partial charge in [0.25, 0.3) is 0 Å². The van der Waals surface area contributed by atoms with Crippen molar-refractivity contribution in [3.05, 3.63) is 29.3 Å². The topological polar surface area (TPSA) is 63.4 Å². The van der Waals surface area contributed by atoms with E-state index in [1.54, 1.807) is 43.9 Å². The normalized spacial score (nSPS) is 11.8. The second kappa shape index (κ2) is 6.69. The Labute approximate surface area is 124 Å². The first-order valence-electron chi connectivity index (χ1n) is 5.66. The molecule has 2 N–H and O–H groups in total. The predicted molar refractivity (Wildman–Crippen MR) is 85.3 cm³/mol. The van der Waals surface area contributed by atoms with E-state index in [-0.39, 0.29) is 9.88 Å². The van der Waals surface area contributed by atoms with Crippen LogP contribution in [0.1, 0.15) is 11.1 Å². The summed E-state index contributed by atoms with van der Waals surface area (Å²) in [6, 6.07) is 4.82. The zero-order chi connectivity index (χ0) is 14.6. The first kappa shape index (κ1) is 16.4. The Kier molecular flexibility index (Phi) is 5.79. The van der Waals surface area contributed by atoms with Crippen LogP contribution in [0.5, 0.6) is 0 Å². The molecule has 0 radical (unpaired) electrons. The molecule has 0 heterocycles. The van der Waals surface area contributed by atoms with Gasteiger partial charge in [0.15, 0.2) is 0 Å². The molecule has 0 saturated heterocycles. The van der Waals surface area contributed by atoms with Crippen LogP contribution < -0.4 is 5.73 Å². The lowest BCUT2D eigenvalue weighted by atomic mass is 10.1. The van der Waals surface area contributed by atoms with Gasteiger partial charge in [-0.1, -0.05) is 18.3 Å². The SMILES string of the molecule is CSCCN(C)S(=O)(=O)c1ccc(C(N)=S)c(C)c1. The Balaban J connectivity index is 3.09. The van der Waals surface area contributed by atoms with Crippen LogP contribution in [0.2, 0.25) is 0 Å². The molecule has 0 unspecified atom stereocenters. The molecule has 0 aliphatic heterocycles. The van der Waals surface area contributed by atoms with E-state index in [4.69, 9.17) is 18.0 Å². The van der Waals surface area contributed by atoms with Gasteiger partial charge in [0.05, 0.1) is 4.90 Å². The molecular formula is C12H18N2O2S3. The van der Waals surface area contributed by atoms with E-state index < -0.39 is 10.0 Å². The number of hydrogen-bond donors (Lipinski definition) is 1. The average molecular weight is 318 g/mol. The van der Waals surface area contributed by atoms with Crippen molar-refractivity contribution in [2.75, 3.05) is 25.6 Å². The highest BCUT2D eigenvalue weighted by Crippen LogP contribution is 2.18. The van der Waals surface area contributed by atoms with Gasteiger partial charge in [-0.25, -0.2) is 12.7 Å². The largest absolute Gasteiger partial charge is 0.389 e. The van der Waals surface area contributed by atoms with E-state index in [1.165, 1.54) is 4.31 Å². The number of nitrogens with zero attached hydrogens (tertiary/aromatic N) is 1. The van der Waals surface area contributed by atoms with Crippen LogP contribution >= 0.6 is 24.0 Å². The van der Waals surface area contributed by atoms with Crippen molar-refractivity contribution in [1.82, 2.24) is 4.31 Å². The zero-order valence-corrected chi connectivity index (χ0v) is 13.7. The van der Waals surface area contributed by atoms with Crippen molar-refractivity contribution in [2.24, 2.45) is 5.73 Å². The van der Waals surface area contributed by atoms with Crippen molar-refractivity contribution >= 4 is 39.0 Å². The van der Waals surface area contributed by atoms with E-state index >= 15 is 0 Å². The number of thioether (sulfide) groups is 1. The molecule has 0 aliphatic rings. The summed E-state index contributed by atoms with van der Waals surface area (Å²) in [6.07, 6.45) is 1.95. The van der Waals surface area contributed by atoms with E-state index in [1.807, 2.05) is 6.26 Å². The molecule has 1 aromatic rings. The Morgan fingerprint density at radius 1 is 1.47 bits per heavy atom. The molecule has 1 aromatic carbocycles. The van der Waals surface area contributed by atoms with Gasteiger partial charge in [-0.3, -0.25) is 0 Å². The third-order valence-electron chi connectivity index (χ3n) is 2.78. The van der Waals surface area contributed by atoms with Gasteiger partial charge in [0, 0.05) is 24.9 Å². The summed E-state index contributed by atoms with van der Waals surface area (Å²) in [5, 5.41) is 0. The van der Waals surface area contributed by atoms with Crippen LogP contribution in [0, 0.1) is 6.92 Å². The number of benzene rings is 1. The lowest BCUT2D eigenvalue weighted by Crippen LogP contribution is -2.29. The summed E-state index contributed by atoms with van der Waals surface area (Å²) in [5.74, 6) is 0.764. The summed E-state index contributed by atoms with van der Waals surface area (Å²) in [5.41, 5.74) is 7.05. The fourth-order valence-corrected chi connectivity index (χ4v) is 3.65. The first-order valence-corrected chi connectivity index (χ1v) is 8.90. The maximum absolute atomic E-state index is 12.3. The minimum atomic E-state index is -3.44. The van der Waals surface area contributed by atoms with Crippen LogP contribution in [0.4, 0.5) is 0 Å². The molecule has 0 aliphatic carbocycles. The number of sulfonamides is 1. The lowest BCUT2D eigenvalue weighted by Gasteiger charge is -2.17. The Bertz CT molecular complexity index is 570. The fraction of sp³-hybridized carbons (Fsp3) is 0.417. The standard InChI is InChI=1S/C12H18N2O2S3/c1-9-8-10(4-5-11(9)12(13)17)19(15,16)14(2)6-7-18-3/h4-5,8H,6-7H2,1-3H3,(H2,13,17). The fourth-order valence-electron chi connectivity index (χ4n) is 1.59. The second-order valence-electron chi connectivity index (χ2n) is 4.16. The highest BCUT2D eigenvalue weighted by atomic mass is 32.2. The number of aryl methyl sites for hydroxylation is 1. The molecule has 0 amide bonds. The van der Waals surface area contributed by atoms with Gasteiger partial charge in [-0.05, 0) is 30.9 Å². The minimum absolute atomic E-state index is 0.272. The molecule has 4 nitrogen and oxygen atoms in total. The van der Waals surface area contributed by atoms with Gasteiger partial charge >= 0.3 is 0 Å². The van der Waals surface area contributed by atoms with Gasteiger partial charge < -0.3 is 5.73 Å². The predicted octanol–water partition coefficient (Wildman–Crippen LogP) is 1.61. The molecule has 0 spiro atoms. The van der Waals surface area contributed by atoms with E-state index in [9.17, 15) is 8.42 Å². The summed E-state index contributed by atoms with van der Waals surface area (Å²) < 4.78 is 26.0. The van der Waals surface area contributed by atoms with Crippen molar-refractivity contribution in [2.45, 2.75) is 11.8 Å². The number of rotatable bonds is 6. The molecule has 0 bridgehead atoms. The molecule has 7 heteroatoms. The molecule has 106 valence electrons. The number of nitrogens with two attached hydrogens (primary N) is 1. The zero-order valence-electron chi connectivity index (χ0n) is 11.2. The third kappa shape index (κ3) is 3.92. The maximum atomic E-state index is 12.3. The molecular weight excluding hydrogens is 300 g/mol. The average Bonchev–Trinajstić information content (AvgIpc) is 2.35. The van der Waals surface area contributed by atoms with E-state index in [2.05, 4.69) is 0 Å². The van der Waals surface area contributed by atoms with Crippen LogP contribution in [-0.4, -0.2) is 43.3 Å². The molecule has 19 heavy (non-hydrogen) atoms. The van der Waals surface area contributed by atoms with Gasteiger partial charge in [-0.15, -0.1) is 0 Å². The second-order valence-corrected chi connectivity index (χ2v) is 7.63. The molecule has 0 fully saturated rings. The molecule has 1 rings (SSSR count). The molecule has 0 aromatic heterocycles. The van der Waals surface area contributed by atoms with E-state index in [0.29, 0.717) is 12.1 Å².